The molecule has 2 aromatic rings. The number of benzene rings is 1. The molecule has 5 nitrogen and oxygen atoms in total. The normalized spacial score (nSPS) is 10.7. The van der Waals surface area contributed by atoms with E-state index in [1.807, 2.05) is 39.0 Å². The van der Waals surface area contributed by atoms with Gasteiger partial charge in [-0.1, -0.05) is 17.7 Å². The molecule has 2 rings (SSSR count). The molecule has 0 aliphatic rings. The largest absolute Gasteiger partial charge is 0.481 e. The molecule has 1 heterocycles. The summed E-state index contributed by atoms with van der Waals surface area (Å²) in [4.78, 5) is 23.0. The van der Waals surface area contributed by atoms with Crippen molar-refractivity contribution in [3.63, 3.8) is 0 Å². The SMILES string of the molecule is CCn1nc(-c2cc(C)ccc2C)cc(CCC(=O)O)c1=O. The van der Waals surface area contributed by atoms with Crippen LogP contribution in [0.15, 0.2) is 29.1 Å². The zero-order valence-electron chi connectivity index (χ0n) is 13.1. The lowest BCUT2D eigenvalue weighted by Crippen LogP contribution is -2.26. The minimum absolute atomic E-state index is 0.0603. The third-order valence-corrected chi connectivity index (χ3v) is 3.63. The van der Waals surface area contributed by atoms with Crippen LogP contribution in [0.2, 0.25) is 0 Å². The van der Waals surface area contributed by atoms with Gasteiger partial charge in [0.2, 0.25) is 0 Å². The molecule has 0 amide bonds. The number of carboxylic acid groups (broad SMARTS) is 1. The van der Waals surface area contributed by atoms with Crippen LogP contribution in [0.3, 0.4) is 0 Å². The highest BCUT2D eigenvalue weighted by atomic mass is 16.4. The number of hydrogen-bond donors (Lipinski definition) is 1. The molecule has 0 spiro atoms. The first kappa shape index (κ1) is 15.9. The zero-order valence-corrected chi connectivity index (χ0v) is 13.1. The van der Waals surface area contributed by atoms with Gasteiger partial charge in [0.25, 0.3) is 5.56 Å². The highest BCUT2D eigenvalue weighted by Gasteiger charge is 2.12. The van der Waals surface area contributed by atoms with Crippen LogP contribution in [-0.2, 0) is 17.8 Å². The van der Waals surface area contributed by atoms with Crippen LogP contribution in [-0.4, -0.2) is 20.9 Å². The van der Waals surface area contributed by atoms with E-state index in [1.165, 1.54) is 4.68 Å². The van der Waals surface area contributed by atoms with E-state index in [0.717, 1.165) is 16.7 Å². The smallest absolute Gasteiger partial charge is 0.303 e. The standard InChI is InChI=1S/C17H20N2O3/c1-4-19-17(22)13(7-8-16(20)21)10-15(18-19)14-9-11(2)5-6-12(14)3/h5-6,9-10H,4,7-8H2,1-3H3,(H,20,21). The quantitative estimate of drug-likeness (QED) is 0.921. The Hall–Kier alpha value is -2.43. The molecule has 22 heavy (non-hydrogen) atoms. The lowest BCUT2D eigenvalue weighted by Gasteiger charge is -2.11. The van der Waals surface area contributed by atoms with E-state index in [4.69, 9.17) is 5.11 Å². The minimum Gasteiger partial charge on any atom is -0.481 e. The van der Waals surface area contributed by atoms with Gasteiger partial charge in [0, 0.05) is 24.1 Å². The second-order valence-corrected chi connectivity index (χ2v) is 5.39. The van der Waals surface area contributed by atoms with Crippen LogP contribution in [0.1, 0.15) is 30.0 Å². The van der Waals surface area contributed by atoms with Crippen LogP contribution < -0.4 is 5.56 Å². The number of nitrogens with zero attached hydrogens (tertiary/aromatic N) is 2. The second-order valence-electron chi connectivity index (χ2n) is 5.39. The summed E-state index contributed by atoms with van der Waals surface area (Å²) in [6.45, 7) is 6.30. The second kappa shape index (κ2) is 6.56. The molecule has 0 fully saturated rings. The molecule has 0 radical (unpaired) electrons. The summed E-state index contributed by atoms with van der Waals surface area (Å²) in [5.41, 5.74) is 4.15. The number of carboxylic acids is 1. The van der Waals surface area contributed by atoms with Crippen molar-refractivity contribution in [2.45, 2.75) is 40.2 Å². The summed E-state index contributed by atoms with van der Waals surface area (Å²) in [5, 5.41) is 13.2. The lowest BCUT2D eigenvalue weighted by molar-refractivity contribution is -0.136. The number of aliphatic carboxylic acids is 1. The van der Waals surface area contributed by atoms with Gasteiger partial charge in [0.05, 0.1) is 5.69 Å². The Labute approximate surface area is 129 Å². The van der Waals surface area contributed by atoms with E-state index in [2.05, 4.69) is 5.10 Å². The molecule has 0 unspecified atom stereocenters. The Morgan fingerprint density at radius 3 is 2.64 bits per heavy atom. The van der Waals surface area contributed by atoms with Gasteiger partial charge in [-0.2, -0.15) is 5.10 Å². The molecule has 0 saturated carbocycles. The van der Waals surface area contributed by atoms with Gasteiger partial charge in [0.15, 0.2) is 0 Å². The highest BCUT2D eigenvalue weighted by molar-refractivity contribution is 5.67. The Kier molecular flexibility index (Phi) is 4.75. The third kappa shape index (κ3) is 3.42. The minimum atomic E-state index is -0.910. The molecule has 1 aromatic heterocycles. The van der Waals surface area contributed by atoms with Crippen LogP contribution in [0.5, 0.6) is 0 Å². The van der Waals surface area contributed by atoms with Gasteiger partial charge < -0.3 is 5.11 Å². The van der Waals surface area contributed by atoms with Gasteiger partial charge in [0.1, 0.15) is 0 Å². The Morgan fingerprint density at radius 1 is 1.27 bits per heavy atom. The average Bonchev–Trinajstić information content (AvgIpc) is 2.48. The fraction of sp³-hybridized carbons (Fsp3) is 0.353. The fourth-order valence-electron chi connectivity index (χ4n) is 2.38. The van der Waals surface area contributed by atoms with Crippen LogP contribution in [0.4, 0.5) is 0 Å². The van der Waals surface area contributed by atoms with E-state index in [0.29, 0.717) is 17.8 Å². The average molecular weight is 300 g/mol. The molecule has 0 atom stereocenters. The number of carbonyl (C=O) groups is 1. The first-order valence-corrected chi connectivity index (χ1v) is 7.32. The first-order chi connectivity index (χ1) is 10.4. The molecule has 0 bridgehead atoms. The maximum atomic E-state index is 12.3. The fourth-order valence-corrected chi connectivity index (χ4v) is 2.38. The number of rotatable bonds is 5. The number of hydrogen-bond acceptors (Lipinski definition) is 3. The van der Waals surface area contributed by atoms with Crippen molar-refractivity contribution in [2.24, 2.45) is 0 Å². The van der Waals surface area contributed by atoms with E-state index < -0.39 is 5.97 Å². The van der Waals surface area contributed by atoms with Crippen molar-refractivity contribution >= 4 is 5.97 Å². The number of aryl methyl sites for hydroxylation is 4. The van der Waals surface area contributed by atoms with Crippen molar-refractivity contribution in [1.29, 1.82) is 0 Å². The predicted octanol–water partition coefficient (Wildman–Crippen LogP) is 2.56. The van der Waals surface area contributed by atoms with Gasteiger partial charge in [-0.25, -0.2) is 4.68 Å². The summed E-state index contributed by atoms with van der Waals surface area (Å²) in [6.07, 6.45) is 0.157. The molecule has 0 aliphatic carbocycles. The van der Waals surface area contributed by atoms with Crippen molar-refractivity contribution in [1.82, 2.24) is 9.78 Å². The van der Waals surface area contributed by atoms with Gasteiger partial charge in [-0.3, -0.25) is 9.59 Å². The van der Waals surface area contributed by atoms with Gasteiger partial charge >= 0.3 is 5.97 Å². The Bertz CT molecular complexity index is 763. The van der Waals surface area contributed by atoms with Crippen molar-refractivity contribution in [3.05, 3.63) is 51.3 Å². The molecule has 0 saturated heterocycles. The van der Waals surface area contributed by atoms with Gasteiger partial charge in [-0.15, -0.1) is 0 Å². The summed E-state index contributed by atoms with van der Waals surface area (Å²) >= 11 is 0. The molecule has 5 heteroatoms. The molecule has 1 N–H and O–H groups in total. The monoisotopic (exact) mass is 300 g/mol. The van der Waals surface area contributed by atoms with Gasteiger partial charge in [-0.05, 0) is 44.9 Å². The number of aromatic nitrogens is 2. The molecular weight excluding hydrogens is 280 g/mol. The predicted molar refractivity (Wildman–Crippen MR) is 85.0 cm³/mol. The van der Waals surface area contributed by atoms with E-state index in [1.54, 1.807) is 6.07 Å². The Balaban J connectivity index is 2.56. The third-order valence-electron chi connectivity index (χ3n) is 3.63. The molecule has 1 aromatic carbocycles. The Morgan fingerprint density at radius 2 is 2.00 bits per heavy atom. The zero-order chi connectivity index (χ0) is 16.3. The maximum absolute atomic E-state index is 12.3. The van der Waals surface area contributed by atoms with Crippen LogP contribution in [0.25, 0.3) is 11.3 Å². The van der Waals surface area contributed by atoms with E-state index in [-0.39, 0.29) is 18.4 Å². The molecule has 116 valence electrons. The maximum Gasteiger partial charge on any atom is 0.303 e. The van der Waals surface area contributed by atoms with Crippen LogP contribution >= 0.6 is 0 Å². The van der Waals surface area contributed by atoms with E-state index in [9.17, 15) is 9.59 Å². The molecular formula is C17H20N2O3. The lowest BCUT2D eigenvalue weighted by atomic mass is 10.0. The van der Waals surface area contributed by atoms with Crippen molar-refractivity contribution < 1.29 is 9.90 Å². The van der Waals surface area contributed by atoms with E-state index >= 15 is 0 Å². The summed E-state index contributed by atoms with van der Waals surface area (Å²) in [7, 11) is 0. The van der Waals surface area contributed by atoms with Crippen molar-refractivity contribution in [2.75, 3.05) is 0 Å². The first-order valence-electron chi connectivity index (χ1n) is 7.32. The summed E-state index contributed by atoms with van der Waals surface area (Å²) in [6, 6.07) is 7.80. The highest BCUT2D eigenvalue weighted by Crippen LogP contribution is 2.22. The van der Waals surface area contributed by atoms with Crippen LogP contribution in [0, 0.1) is 13.8 Å². The summed E-state index contributed by atoms with van der Waals surface area (Å²) in [5.74, 6) is -0.910. The summed E-state index contributed by atoms with van der Waals surface area (Å²) < 4.78 is 1.40. The topological polar surface area (TPSA) is 72.2 Å². The van der Waals surface area contributed by atoms with Crippen molar-refractivity contribution in [3.8, 4) is 11.3 Å². The molecule has 0 aliphatic heterocycles.